The Morgan fingerprint density at radius 3 is 2.44 bits per heavy atom. The smallest absolute Gasteiger partial charge is 0.138 e. The average molecular weight is 357 g/mol. The molecule has 1 aromatic carbocycles. The second kappa shape index (κ2) is 6.85. The summed E-state index contributed by atoms with van der Waals surface area (Å²) in [5.74, 6) is 1.49. The third kappa shape index (κ3) is 3.12. The van der Waals surface area contributed by atoms with Gasteiger partial charge in [-0.3, -0.25) is 0 Å². The minimum absolute atomic E-state index is 0.742. The Bertz CT molecular complexity index is 868. The number of aromatic nitrogens is 2. The minimum Gasteiger partial charge on any atom is -0.497 e. The number of anilines is 1. The van der Waals surface area contributed by atoms with Crippen molar-refractivity contribution in [2.75, 3.05) is 45.4 Å². The summed E-state index contributed by atoms with van der Waals surface area (Å²) in [5.41, 5.74) is 3.69. The van der Waals surface area contributed by atoms with E-state index in [2.05, 4.69) is 9.27 Å². The number of methoxy groups -OCH3 is 2. The fourth-order valence-corrected chi connectivity index (χ4v) is 3.78. The van der Waals surface area contributed by atoms with Gasteiger partial charge in [0.25, 0.3) is 0 Å². The molecule has 25 heavy (non-hydrogen) atoms. The molecule has 0 aliphatic carbocycles. The van der Waals surface area contributed by atoms with Crippen LogP contribution in [-0.2, 0) is 4.74 Å². The van der Waals surface area contributed by atoms with Crippen molar-refractivity contribution in [3.63, 3.8) is 0 Å². The molecule has 6 nitrogen and oxygen atoms in total. The normalized spacial score (nSPS) is 14.7. The zero-order valence-corrected chi connectivity index (χ0v) is 15.0. The van der Waals surface area contributed by atoms with Crippen molar-refractivity contribution in [3.05, 3.63) is 30.3 Å². The standard InChI is InChI=1S/C18H19N3O3S/c1-22-13-9-12(10-14(11-13)23-2)15-3-4-16-17(19-15)18(25-20-16)21-5-7-24-8-6-21/h3-4,9-11H,5-8H2,1-2H3. The first-order valence-electron chi connectivity index (χ1n) is 8.11. The van der Waals surface area contributed by atoms with E-state index in [1.807, 2.05) is 30.3 Å². The molecule has 130 valence electrons. The van der Waals surface area contributed by atoms with Gasteiger partial charge in [-0.2, -0.15) is 4.37 Å². The molecule has 0 radical (unpaired) electrons. The lowest BCUT2D eigenvalue weighted by atomic mass is 10.1. The summed E-state index contributed by atoms with van der Waals surface area (Å²) < 4.78 is 20.7. The molecule has 0 saturated carbocycles. The molecule has 4 rings (SSSR count). The molecule has 0 spiro atoms. The van der Waals surface area contributed by atoms with Crippen molar-refractivity contribution < 1.29 is 14.2 Å². The summed E-state index contributed by atoms with van der Waals surface area (Å²) in [4.78, 5) is 7.18. The SMILES string of the molecule is COc1cc(OC)cc(-c2ccc3nsc(N4CCOCC4)c3n2)c1. The van der Waals surface area contributed by atoms with E-state index in [0.717, 1.165) is 65.1 Å². The highest BCUT2D eigenvalue weighted by molar-refractivity contribution is 7.11. The maximum absolute atomic E-state index is 5.45. The molecule has 1 aliphatic heterocycles. The topological polar surface area (TPSA) is 56.7 Å². The van der Waals surface area contributed by atoms with Crippen molar-refractivity contribution >= 4 is 27.6 Å². The van der Waals surface area contributed by atoms with E-state index in [9.17, 15) is 0 Å². The summed E-state index contributed by atoms with van der Waals surface area (Å²) in [6.45, 7) is 3.23. The van der Waals surface area contributed by atoms with Gasteiger partial charge in [0.15, 0.2) is 0 Å². The lowest BCUT2D eigenvalue weighted by Gasteiger charge is -2.26. The number of fused-ring (bicyclic) bond motifs is 1. The molecule has 0 bridgehead atoms. The predicted molar refractivity (Wildman–Crippen MR) is 99.0 cm³/mol. The highest BCUT2D eigenvalue weighted by Gasteiger charge is 2.18. The van der Waals surface area contributed by atoms with Crippen molar-refractivity contribution in [1.82, 2.24) is 9.36 Å². The molecule has 0 amide bonds. The third-order valence-corrected chi connectivity index (χ3v) is 5.16. The van der Waals surface area contributed by atoms with Gasteiger partial charge in [0.1, 0.15) is 27.5 Å². The zero-order chi connectivity index (χ0) is 17.2. The highest BCUT2D eigenvalue weighted by Crippen LogP contribution is 2.34. The number of morpholine rings is 1. The largest absolute Gasteiger partial charge is 0.497 e. The number of benzene rings is 1. The van der Waals surface area contributed by atoms with Gasteiger partial charge in [-0.1, -0.05) is 0 Å². The van der Waals surface area contributed by atoms with Gasteiger partial charge in [-0.25, -0.2) is 4.98 Å². The van der Waals surface area contributed by atoms with Crippen LogP contribution < -0.4 is 14.4 Å². The molecule has 1 saturated heterocycles. The molecule has 0 atom stereocenters. The van der Waals surface area contributed by atoms with Crippen molar-refractivity contribution in [2.24, 2.45) is 0 Å². The maximum Gasteiger partial charge on any atom is 0.138 e. The third-order valence-electron chi connectivity index (χ3n) is 4.25. The molecule has 3 aromatic rings. The van der Waals surface area contributed by atoms with Crippen LogP contribution in [0.3, 0.4) is 0 Å². The number of nitrogens with zero attached hydrogens (tertiary/aromatic N) is 3. The molecule has 1 aliphatic rings. The van der Waals surface area contributed by atoms with Gasteiger partial charge in [0.05, 0.1) is 33.1 Å². The quantitative estimate of drug-likeness (QED) is 0.715. The minimum atomic E-state index is 0.742. The summed E-state index contributed by atoms with van der Waals surface area (Å²) in [6.07, 6.45) is 0. The van der Waals surface area contributed by atoms with Crippen LogP contribution in [0.25, 0.3) is 22.3 Å². The number of rotatable bonds is 4. The van der Waals surface area contributed by atoms with Crippen LogP contribution in [0.5, 0.6) is 11.5 Å². The van der Waals surface area contributed by atoms with E-state index in [1.54, 1.807) is 14.2 Å². The number of hydrogen-bond donors (Lipinski definition) is 0. The fourth-order valence-electron chi connectivity index (χ4n) is 2.91. The lowest BCUT2D eigenvalue weighted by molar-refractivity contribution is 0.123. The zero-order valence-electron chi connectivity index (χ0n) is 14.2. The van der Waals surface area contributed by atoms with E-state index >= 15 is 0 Å². The fraction of sp³-hybridized carbons (Fsp3) is 0.333. The molecule has 3 heterocycles. The first-order chi connectivity index (χ1) is 12.3. The molecule has 1 fully saturated rings. The van der Waals surface area contributed by atoms with E-state index < -0.39 is 0 Å². The van der Waals surface area contributed by atoms with Gasteiger partial charge in [0.2, 0.25) is 0 Å². The van der Waals surface area contributed by atoms with Gasteiger partial charge >= 0.3 is 0 Å². The van der Waals surface area contributed by atoms with Crippen LogP contribution in [0.1, 0.15) is 0 Å². The Morgan fingerprint density at radius 2 is 1.76 bits per heavy atom. The molecule has 2 aromatic heterocycles. The first-order valence-corrected chi connectivity index (χ1v) is 8.88. The Hall–Kier alpha value is -2.38. The Morgan fingerprint density at radius 1 is 1.04 bits per heavy atom. The second-order valence-corrected chi connectivity index (χ2v) is 6.50. The van der Waals surface area contributed by atoms with Gasteiger partial charge in [-0.15, -0.1) is 0 Å². The van der Waals surface area contributed by atoms with E-state index in [-0.39, 0.29) is 0 Å². The maximum atomic E-state index is 5.45. The van der Waals surface area contributed by atoms with Crippen LogP contribution in [0.15, 0.2) is 30.3 Å². The molecular weight excluding hydrogens is 338 g/mol. The lowest BCUT2D eigenvalue weighted by Crippen LogP contribution is -2.35. The van der Waals surface area contributed by atoms with Crippen molar-refractivity contribution in [1.29, 1.82) is 0 Å². The van der Waals surface area contributed by atoms with Gasteiger partial charge < -0.3 is 19.1 Å². The van der Waals surface area contributed by atoms with Crippen LogP contribution in [0.4, 0.5) is 5.00 Å². The van der Waals surface area contributed by atoms with Crippen molar-refractivity contribution in [3.8, 4) is 22.8 Å². The highest BCUT2D eigenvalue weighted by atomic mass is 32.1. The Kier molecular flexibility index (Phi) is 4.42. The summed E-state index contributed by atoms with van der Waals surface area (Å²) in [7, 11) is 3.29. The van der Waals surface area contributed by atoms with E-state index in [1.165, 1.54) is 11.5 Å². The molecule has 0 unspecified atom stereocenters. The summed E-state index contributed by atoms with van der Waals surface area (Å²) in [5, 5.41) is 1.11. The monoisotopic (exact) mass is 357 g/mol. The second-order valence-electron chi connectivity index (χ2n) is 5.75. The van der Waals surface area contributed by atoms with E-state index in [0.29, 0.717) is 0 Å². The van der Waals surface area contributed by atoms with Crippen molar-refractivity contribution in [2.45, 2.75) is 0 Å². The van der Waals surface area contributed by atoms with Gasteiger partial charge in [-0.05, 0) is 35.8 Å². The van der Waals surface area contributed by atoms with Crippen LogP contribution >= 0.6 is 11.5 Å². The predicted octanol–water partition coefficient (Wildman–Crippen LogP) is 3.21. The number of hydrogen-bond acceptors (Lipinski definition) is 7. The molecular formula is C18H19N3O3S. The van der Waals surface area contributed by atoms with Crippen LogP contribution in [0.2, 0.25) is 0 Å². The van der Waals surface area contributed by atoms with E-state index in [4.69, 9.17) is 19.2 Å². The number of pyridine rings is 1. The average Bonchev–Trinajstić information content (AvgIpc) is 3.11. The van der Waals surface area contributed by atoms with Gasteiger partial charge in [0, 0.05) is 24.7 Å². The number of ether oxygens (including phenoxy) is 3. The molecule has 7 heteroatoms. The van der Waals surface area contributed by atoms with Crippen LogP contribution in [-0.4, -0.2) is 49.9 Å². The first kappa shape index (κ1) is 16.1. The Balaban J connectivity index is 1.78. The Labute approximate surface area is 150 Å². The summed E-state index contributed by atoms with van der Waals surface area (Å²) >= 11 is 1.50. The van der Waals surface area contributed by atoms with Crippen LogP contribution in [0, 0.1) is 0 Å². The summed E-state index contributed by atoms with van der Waals surface area (Å²) in [6, 6.07) is 9.78. The molecule has 0 N–H and O–H groups in total.